The zero-order chi connectivity index (χ0) is 13.1. The Kier molecular flexibility index (Phi) is 4.45. The van der Waals surface area contributed by atoms with Gasteiger partial charge < -0.3 is 15.2 Å². The highest BCUT2D eigenvalue weighted by atomic mass is 16.5. The quantitative estimate of drug-likeness (QED) is 0.743. The molecule has 3 rings (SSSR count). The average Bonchev–Trinajstić information content (AvgIpc) is 2.64. The van der Waals surface area contributed by atoms with E-state index in [4.69, 9.17) is 15.2 Å². The van der Waals surface area contributed by atoms with Crippen LogP contribution in [0.3, 0.4) is 0 Å². The van der Waals surface area contributed by atoms with Gasteiger partial charge in [0.15, 0.2) is 0 Å². The molecule has 19 heavy (non-hydrogen) atoms. The van der Waals surface area contributed by atoms with Crippen LogP contribution in [-0.2, 0) is 9.47 Å². The standard InChI is InChI=1S/C16H29NO2/c17-15-4-2-1-3-13(11-15)14-5-8-19-16(12-14)6-9-18-10-7-16/h13-15H,1-12,17H2. The van der Waals surface area contributed by atoms with Gasteiger partial charge in [-0.15, -0.1) is 0 Å². The first kappa shape index (κ1) is 13.8. The molecule has 1 saturated carbocycles. The molecule has 0 radical (unpaired) electrons. The van der Waals surface area contributed by atoms with E-state index < -0.39 is 0 Å². The smallest absolute Gasteiger partial charge is 0.0729 e. The van der Waals surface area contributed by atoms with Crippen LogP contribution < -0.4 is 5.73 Å². The third-order valence-electron chi connectivity index (χ3n) is 5.61. The van der Waals surface area contributed by atoms with Gasteiger partial charge in [0.1, 0.15) is 0 Å². The Balaban J connectivity index is 1.63. The molecule has 110 valence electrons. The molecule has 3 atom stereocenters. The molecule has 1 spiro atoms. The summed E-state index contributed by atoms with van der Waals surface area (Å²) in [6.45, 7) is 2.73. The molecule has 2 N–H and O–H groups in total. The third-order valence-corrected chi connectivity index (χ3v) is 5.61. The van der Waals surface area contributed by atoms with Gasteiger partial charge in [0.2, 0.25) is 0 Å². The zero-order valence-corrected chi connectivity index (χ0v) is 12.1. The van der Waals surface area contributed by atoms with Gasteiger partial charge >= 0.3 is 0 Å². The summed E-state index contributed by atoms with van der Waals surface area (Å²) in [4.78, 5) is 0. The zero-order valence-electron chi connectivity index (χ0n) is 12.1. The average molecular weight is 267 g/mol. The first-order chi connectivity index (χ1) is 9.27. The number of hydrogen-bond acceptors (Lipinski definition) is 3. The Morgan fingerprint density at radius 2 is 1.68 bits per heavy atom. The fourth-order valence-electron chi connectivity index (χ4n) is 4.43. The Hall–Kier alpha value is -0.120. The maximum Gasteiger partial charge on any atom is 0.0729 e. The summed E-state index contributed by atoms with van der Waals surface area (Å²) >= 11 is 0. The SMILES string of the molecule is NC1CCCCC(C2CCOC3(CCOCC3)C2)C1. The predicted octanol–water partition coefficient (Wildman–Crippen LogP) is 2.87. The normalized spacial score (nSPS) is 39.9. The monoisotopic (exact) mass is 267 g/mol. The second-order valence-electron chi connectivity index (χ2n) is 6.94. The van der Waals surface area contributed by atoms with Crippen molar-refractivity contribution in [2.75, 3.05) is 19.8 Å². The number of nitrogens with two attached hydrogens (primary N) is 1. The van der Waals surface area contributed by atoms with Crippen LogP contribution in [0, 0.1) is 11.8 Å². The Bertz CT molecular complexity index is 283. The van der Waals surface area contributed by atoms with Gasteiger partial charge in [0.05, 0.1) is 5.60 Å². The summed E-state index contributed by atoms with van der Waals surface area (Å²) in [5.74, 6) is 1.69. The van der Waals surface area contributed by atoms with E-state index in [9.17, 15) is 0 Å². The van der Waals surface area contributed by atoms with Crippen LogP contribution in [0.4, 0.5) is 0 Å². The largest absolute Gasteiger partial charge is 0.381 e. The molecule has 2 aliphatic heterocycles. The van der Waals surface area contributed by atoms with Crippen molar-refractivity contribution in [3.8, 4) is 0 Å². The van der Waals surface area contributed by atoms with E-state index in [0.29, 0.717) is 6.04 Å². The van der Waals surface area contributed by atoms with Crippen molar-refractivity contribution in [3.63, 3.8) is 0 Å². The molecule has 3 aliphatic rings. The molecule has 3 fully saturated rings. The minimum Gasteiger partial charge on any atom is -0.381 e. The first-order valence-corrected chi connectivity index (χ1v) is 8.25. The van der Waals surface area contributed by atoms with Crippen molar-refractivity contribution >= 4 is 0 Å². The Morgan fingerprint density at radius 3 is 2.53 bits per heavy atom. The van der Waals surface area contributed by atoms with E-state index in [0.717, 1.165) is 44.5 Å². The van der Waals surface area contributed by atoms with E-state index >= 15 is 0 Å². The van der Waals surface area contributed by atoms with Gasteiger partial charge in [-0.05, 0) is 50.4 Å². The Morgan fingerprint density at radius 1 is 0.895 bits per heavy atom. The molecular weight excluding hydrogens is 238 g/mol. The molecule has 2 saturated heterocycles. The molecular formula is C16H29NO2. The van der Waals surface area contributed by atoms with Crippen molar-refractivity contribution < 1.29 is 9.47 Å². The first-order valence-electron chi connectivity index (χ1n) is 8.25. The van der Waals surface area contributed by atoms with Crippen LogP contribution in [0.2, 0.25) is 0 Å². The van der Waals surface area contributed by atoms with Crippen LogP contribution in [0.5, 0.6) is 0 Å². The number of rotatable bonds is 1. The highest BCUT2D eigenvalue weighted by molar-refractivity contribution is 4.92. The lowest BCUT2D eigenvalue weighted by Crippen LogP contribution is -2.46. The lowest BCUT2D eigenvalue weighted by atomic mass is 9.73. The summed E-state index contributed by atoms with van der Waals surface area (Å²) in [6, 6.07) is 0.445. The summed E-state index contributed by atoms with van der Waals surface area (Å²) in [7, 11) is 0. The van der Waals surface area contributed by atoms with Crippen molar-refractivity contribution in [3.05, 3.63) is 0 Å². The lowest BCUT2D eigenvalue weighted by molar-refractivity contribution is -0.153. The van der Waals surface area contributed by atoms with Gasteiger partial charge in [0, 0.05) is 25.9 Å². The Labute approximate surface area is 117 Å². The topological polar surface area (TPSA) is 44.5 Å². The van der Waals surface area contributed by atoms with Crippen LogP contribution in [0.1, 0.15) is 57.8 Å². The van der Waals surface area contributed by atoms with Crippen LogP contribution in [0.15, 0.2) is 0 Å². The molecule has 0 aromatic carbocycles. The van der Waals surface area contributed by atoms with Gasteiger partial charge in [-0.25, -0.2) is 0 Å². The molecule has 3 unspecified atom stereocenters. The van der Waals surface area contributed by atoms with Gasteiger partial charge in [0.25, 0.3) is 0 Å². The molecule has 0 bridgehead atoms. The van der Waals surface area contributed by atoms with E-state index in [1.165, 1.54) is 44.9 Å². The summed E-state index contributed by atoms with van der Waals surface area (Å²) in [6.07, 6.45) is 11.3. The van der Waals surface area contributed by atoms with E-state index in [2.05, 4.69) is 0 Å². The fraction of sp³-hybridized carbons (Fsp3) is 1.00. The minimum absolute atomic E-state index is 0.150. The summed E-state index contributed by atoms with van der Waals surface area (Å²) in [5, 5.41) is 0. The molecule has 0 aromatic heterocycles. The summed E-state index contributed by atoms with van der Waals surface area (Å²) in [5.41, 5.74) is 6.40. The van der Waals surface area contributed by atoms with E-state index in [-0.39, 0.29) is 5.60 Å². The summed E-state index contributed by atoms with van der Waals surface area (Å²) < 4.78 is 11.7. The van der Waals surface area contributed by atoms with E-state index in [1.54, 1.807) is 0 Å². The van der Waals surface area contributed by atoms with Crippen molar-refractivity contribution in [2.24, 2.45) is 17.6 Å². The van der Waals surface area contributed by atoms with Gasteiger partial charge in [-0.2, -0.15) is 0 Å². The maximum atomic E-state index is 6.25. The highest BCUT2D eigenvalue weighted by Gasteiger charge is 2.41. The number of ether oxygens (including phenoxy) is 2. The fourth-order valence-corrected chi connectivity index (χ4v) is 4.43. The highest BCUT2D eigenvalue weighted by Crippen LogP contribution is 2.42. The lowest BCUT2D eigenvalue weighted by Gasteiger charge is -2.45. The van der Waals surface area contributed by atoms with Crippen LogP contribution in [0.25, 0.3) is 0 Å². The second-order valence-corrected chi connectivity index (χ2v) is 6.94. The van der Waals surface area contributed by atoms with Crippen LogP contribution >= 0.6 is 0 Å². The molecule has 2 heterocycles. The minimum atomic E-state index is 0.150. The van der Waals surface area contributed by atoms with Crippen molar-refractivity contribution in [1.82, 2.24) is 0 Å². The maximum absolute atomic E-state index is 6.25. The van der Waals surface area contributed by atoms with Gasteiger partial charge in [-0.3, -0.25) is 0 Å². The molecule has 1 aliphatic carbocycles. The van der Waals surface area contributed by atoms with E-state index in [1.807, 2.05) is 0 Å². The number of hydrogen-bond donors (Lipinski definition) is 1. The van der Waals surface area contributed by atoms with Crippen molar-refractivity contribution in [2.45, 2.75) is 69.4 Å². The molecule has 0 aromatic rings. The molecule has 3 nitrogen and oxygen atoms in total. The van der Waals surface area contributed by atoms with Crippen LogP contribution in [-0.4, -0.2) is 31.5 Å². The molecule has 0 amide bonds. The predicted molar refractivity (Wildman–Crippen MR) is 76.0 cm³/mol. The second kappa shape index (κ2) is 6.11. The van der Waals surface area contributed by atoms with Crippen molar-refractivity contribution in [1.29, 1.82) is 0 Å². The molecule has 3 heteroatoms. The third kappa shape index (κ3) is 3.32. The van der Waals surface area contributed by atoms with Gasteiger partial charge in [-0.1, -0.05) is 19.3 Å².